The van der Waals surface area contributed by atoms with Crippen LogP contribution >= 0.6 is 11.3 Å². The number of rotatable bonds is 5. The topological polar surface area (TPSA) is 149 Å². The van der Waals surface area contributed by atoms with E-state index >= 15 is 0 Å². The zero-order valence-electron chi connectivity index (χ0n) is 35.0. The molecule has 1 aromatic heterocycles. The number of carbonyl (C=O) groups is 5. The van der Waals surface area contributed by atoms with Gasteiger partial charge in [-0.05, 0) is 54.8 Å². The number of nitrogens with one attached hydrogen (secondary N) is 4. The van der Waals surface area contributed by atoms with Gasteiger partial charge < -0.3 is 21.3 Å². The van der Waals surface area contributed by atoms with Crippen LogP contribution in [0.5, 0.6) is 0 Å². The summed E-state index contributed by atoms with van der Waals surface area (Å²) in [7, 11) is 8.24. The summed E-state index contributed by atoms with van der Waals surface area (Å²) in [6.45, 7) is 15.3. The molecule has 3 aromatic rings. The lowest BCUT2D eigenvalue weighted by atomic mass is 9.84. The Balaban J connectivity index is -0.000000606. The third-order valence-corrected chi connectivity index (χ3v) is 8.10. The van der Waals surface area contributed by atoms with Crippen molar-refractivity contribution in [3.05, 3.63) is 94.2 Å². The summed E-state index contributed by atoms with van der Waals surface area (Å²) in [5, 5.41) is 17.4. The molecule has 1 unspecified atom stereocenters. The number of carbonyl (C=O) groups excluding carboxylic acids is 5. The Bertz CT molecular complexity index is 1430. The van der Waals surface area contributed by atoms with Gasteiger partial charge in [-0.3, -0.25) is 24.0 Å². The molecule has 0 spiro atoms. The average Bonchev–Trinajstić information content (AvgIpc) is 4.02. The van der Waals surface area contributed by atoms with Crippen molar-refractivity contribution in [2.24, 2.45) is 11.0 Å². The Morgan fingerprint density at radius 2 is 1.20 bits per heavy atom. The van der Waals surface area contributed by atoms with E-state index in [1.54, 1.807) is 53.4 Å². The minimum Gasteiger partial charge on any atom is -0.359 e. The van der Waals surface area contributed by atoms with Crippen molar-refractivity contribution in [3.63, 3.8) is 0 Å². The molecule has 302 valence electrons. The quantitative estimate of drug-likeness (QED) is 0.208. The van der Waals surface area contributed by atoms with Crippen LogP contribution in [-0.4, -0.2) is 75.5 Å². The molecule has 0 radical (unpaired) electrons. The molecule has 0 saturated heterocycles. The highest BCUT2D eigenvalue weighted by Crippen LogP contribution is 2.37. The number of hydrogen-bond donors (Lipinski definition) is 4. The molecule has 5 rings (SSSR count). The smallest absolute Gasteiger partial charge is 0.261 e. The van der Waals surface area contributed by atoms with Crippen LogP contribution in [0.15, 0.2) is 83.3 Å². The largest absolute Gasteiger partial charge is 0.359 e. The molecule has 2 aliphatic rings. The molecule has 5 amide bonds. The first-order chi connectivity index (χ1) is 26.0. The number of nitrogens with zero attached hydrogens (tertiary/aromatic N) is 2. The Kier molecular flexibility index (Phi) is 34.9. The first-order valence-corrected chi connectivity index (χ1v) is 19.6. The van der Waals surface area contributed by atoms with Gasteiger partial charge in [0.2, 0.25) is 17.7 Å². The van der Waals surface area contributed by atoms with Crippen molar-refractivity contribution in [3.8, 4) is 0 Å². The van der Waals surface area contributed by atoms with Gasteiger partial charge in [-0.25, -0.2) is 5.01 Å². The summed E-state index contributed by atoms with van der Waals surface area (Å²) >= 11 is 1.44. The molecule has 2 heterocycles. The maximum atomic E-state index is 12.0. The van der Waals surface area contributed by atoms with E-state index in [0.717, 1.165) is 16.2 Å². The molecule has 54 heavy (non-hydrogen) atoms. The second kappa shape index (κ2) is 35.2. The molecule has 1 saturated carbocycles. The standard InChI is InChI=1S/C14H19NO.C8H9NO.C6H7NOS.C5H8N2O.C3H7NO.3C2H6/c1-15-14(16)13(12-9-5-6-10-12)11-7-3-2-4-8-11;1-9-8(10)7-5-3-2-4-6-7;1-7-6(8)5-3-2-4-9-5;1-4-3-5(8)7(2)6-4;1-3(5)4-2;3*1-2/h2-4,7-8,12-13H,5-6,9-10H2,1H3,(H,15,16);2-6H,1H3,(H,9,10);2-4H,1H3,(H,7,8);3H2,1-2H3;1-2H3,(H,4,5);3*1-2H3. The summed E-state index contributed by atoms with van der Waals surface area (Å²) in [6.07, 6.45) is 5.41. The van der Waals surface area contributed by atoms with Crippen molar-refractivity contribution in [1.82, 2.24) is 26.3 Å². The molecule has 1 fully saturated rings. The second-order valence-electron chi connectivity index (χ2n) is 10.8. The van der Waals surface area contributed by atoms with Crippen molar-refractivity contribution in [2.75, 3.05) is 35.2 Å². The van der Waals surface area contributed by atoms with E-state index in [1.165, 1.54) is 49.0 Å². The van der Waals surface area contributed by atoms with Gasteiger partial charge in [0.15, 0.2) is 0 Å². The molecule has 12 heteroatoms. The Hall–Kier alpha value is -4.84. The highest BCUT2D eigenvalue weighted by molar-refractivity contribution is 7.12. The first-order valence-electron chi connectivity index (χ1n) is 18.8. The minimum absolute atomic E-state index is 0.00463. The van der Waals surface area contributed by atoms with Gasteiger partial charge in [0.25, 0.3) is 11.8 Å². The van der Waals surface area contributed by atoms with Crippen LogP contribution in [0.1, 0.15) is 119 Å². The molecular weight excluding hydrogens is 701 g/mol. The number of benzene rings is 2. The monoisotopic (exact) mass is 768 g/mol. The fourth-order valence-corrected chi connectivity index (χ4v) is 5.36. The van der Waals surface area contributed by atoms with Crippen molar-refractivity contribution in [1.29, 1.82) is 0 Å². The highest BCUT2D eigenvalue weighted by Gasteiger charge is 2.31. The SMILES string of the molecule is CC.CC.CC.CC1=NN(C)C(=O)C1.CNC(=O)C(c1ccccc1)C1CCCC1.CNC(=O)c1ccccc1.CNC(=O)c1cccs1.CNC(C)=O. The molecule has 1 atom stereocenters. The highest BCUT2D eigenvalue weighted by atomic mass is 32.1. The summed E-state index contributed by atoms with van der Waals surface area (Å²) in [5.41, 5.74) is 2.76. The summed E-state index contributed by atoms with van der Waals surface area (Å²) in [6, 6.07) is 22.9. The van der Waals surface area contributed by atoms with E-state index in [1.807, 2.05) is 96.3 Å². The van der Waals surface area contributed by atoms with Crippen LogP contribution in [-0.2, 0) is 14.4 Å². The van der Waals surface area contributed by atoms with Crippen molar-refractivity contribution < 1.29 is 24.0 Å². The van der Waals surface area contributed by atoms with Crippen LogP contribution < -0.4 is 21.3 Å². The van der Waals surface area contributed by atoms with E-state index < -0.39 is 0 Å². The predicted molar refractivity (Wildman–Crippen MR) is 227 cm³/mol. The zero-order chi connectivity index (χ0) is 41.9. The maximum absolute atomic E-state index is 12.0. The molecular formula is C42H68N6O5S. The zero-order valence-corrected chi connectivity index (χ0v) is 35.9. The normalized spacial score (nSPS) is 12.4. The van der Waals surface area contributed by atoms with E-state index in [-0.39, 0.29) is 35.5 Å². The van der Waals surface area contributed by atoms with E-state index in [4.69, 9.17) is 0 Å². The van der Waals surface area contributed by atoms with Crippen LogP contribution in [0, 0.1) is 5.92 Å². The number of hydrazone groups is 1. The van der Waals surface area contributed by atoms with E-state index in [9.17, 15) is 24.0 Å². The number of hydrogen-bond acceptors (Lipinski definition) is 7. The number of thiophene rings is 1. The van der Waals surface area contributed by atoms with Gasteiger partial charge in [0.1, 0.15) is 0 Å². The average molecular weight is 769 g/mol. The number of likely N-dealkylation sites (N-methyl/N-ethyl adjacent to an activating group) is 1. The predicted octanol–water partition coefficient (Wildman–Crippen LogP) is 7.92. The van der Waals surface area contributed by atoms with Gasteiger partial charge in [-0.2, -0.15) is 5.10 Å². The second-order valence-corrected chi connectivity index (χ2v) is 11.7. The summed E-state index contributed by atoms with van der Waals surface area (Å²) in [4.78, 5) is 54.7. The Morgan fingerprint density at radius 3 is 1.54 bits per heavy atom. The third kappa shape index (κ3) is 23.7. The van der Waals surface area contributed by atoms with E-state index in [2.05, 4.69) is 38.5 Å². The van der Waals surface area contributed by atoms with Crippen LogP contribution in [0.2, 0.25) is 0 Å². The number of amides is 5. The fourth-order valence-electron chi connectivity index (χ4n) is 4.69. The maximum Gasteiger partial charge on any atom is 0.261 e. The Labute approximate surface area is 329 Å². The van der Waals surface area contributed by atoms with Crippen LogP contribution in [0.3, 0.4) is 0 Å². The fraction of sp³-hybridized carbons (Fsp3) is 0.476. The molecule has 11 nitrogen and oxygen atoms in total. The summed E-state index contributed by atoms with van der Waals surface area (Å²) < 4.78 is 0. The Morgan fingerprint density at radius 1 is 0.722 bits per heavy atom. The van der Waals surface area contributed by atoms with Gasteiger partial charge >= 0.3 is 0 Å². The van der Waals surface area contributed by atoms with Gasteiger partial charge in [-0.1, -0.05) is 109 Å². The molecule has 4 N–H and O–H groups in total. The van der Waals surface area contributed by atoms with Crippen LogP contribution in [0.4, 0.5) is 0 Å². The lowest BCUT2D eigenvalue weighted by Gasteiger charge is -2.22. The van der Waals surface area contributed by atoms with Crippen molar-refractivity contribution >= 4 is 46.6 Å². The van der Waals surface area contributed by atoms with E-state index in [0.29, 0.717) is 17.9 Å². The molecule has 1 aliphatic carbocycles. The van der Waals surface area contributed by atoms with Gasteiger partial charge in [0.05, 0.1) is 17.2 Å². The minimum atomic E-state index is -0.0411. The van der Waals surface area contributed by atoms with Gasteiger partial charge in [0, 0.05) is 53.4 Å². The summed E-state index contributed by atoms with van der Waals surface area (Å²) in [5.74, 6) is 0.784. The lowest BCUT2D eigenvalue weighted by molar-refractivity contribution is -0.127. The lowest BCUT2D eigenvalue weighted by Crippen LogP contribution is -2.30. The molecule has 0 bridgehead atoms. The first kappa shape index (κ1) is 53.5. The molecule has 2 aromatic carbocycles. The molecule has 1 aliphatic heterocycles. The van der Waals surface area contributed by atoms with Crippen molar-refractivity contribution in [2.45, 2.75) is 93.4 Å². The van der Waals surface area contributed by atoms with Crippen LogP contribution in [0.25, 0.3) is 0 Å². The van der Waals surface area contributed by atoms with Gasteiger partial charge in [-0.15, -0.1) is 11.3 Å². The third-order valence-electron chi connectivity index (χ3n) is 7.23.